The molecule has 0 saturated carbocycles. The average Bonchev–Trinajstić information content (AvgIpc) is 2.38. The third kappa shape index (κ3) is 7.29. The van der Waals surface area contributed by atoms with E-state index in [1.807, 2.05) is 24.3 Å². The summed E-state index contributed by atoms with van der Waals surface area (Å²) in [6, 6.07) is 11.1. The Morgan fingerprint density at radius 1 is 1.20 bits per heavy atom. The Kier molecular flexibility index (Phi) is 7.30. The van der Waals surface area contributed by atoms with E-state index in [1.54, 1.807) is 6.08 Å². The summed E-state index contributed by atoms with van der Waals surface area (Å²) in [5.74, 6) is -0.186. The maximum atomic E-state index is 11.8. The Morgan fingerprint density at radius 2 is 1.90 bits per heavy atom. The molecule has 0 atom stereocenters. The molecule has 0 unspecified atom stereocenters. The topological polar surface area (TPSA) is 26.3 Å². The minimum Gasteiger partial charge on any atom is -0.516 e. The van der Waals surface area contributed by atoms with E-state index in [-0.39, 0.29) is 5.97 Å². The zero-order valence-corrected chi connectivity index (χ0v) is 13.9. The van der Waals surface area contributed by atoms with Gasteiger partial charge in [0.2, 0.25) is 0 Å². The molecule has 0 aliphatic carbocycles. The van der Waals surface area contributed by atoms with Crippen LogP contribution < -0.4 is 0 Å². The Morgan fingerprint density at radius 3 is 2.55 bits per heavy atom. The highest BCUT2D eigenvalue weighted by Gasteiger charge is 2.26. The molecule has 0 heterocycles. The number of hydrogen-bond acceptors (Lipinski definition) is 2. The smallest absolute Gasteiger partial charge is 0.317 e. The molecular weight excluding hydrogens is 264 g/mol. The van der Waals surface area contributed by atoms with Crippen LogP contribution in [0.5, 0.6) is 0 Å². The monoisotopic (exact) mass is 290 g/mol. The van der Waals surface area contributed by atoms with Crippen LogP contribution in [0.25, 0.3) is 0 Å². The molecule has 0 saturated heterocycles. The lowest BCUT2D eigenvalue weighted by Gasteiger charge is -2.21. The second-order valence-electron chi connectivity index (χ2n) is 5.74. The fourth-order valence-electron chi connectivity index (χ4n) is 2.12. The van der Waals surface area contributed by atoms with E-state index in [1.165, 1.54) is 18.4 Å². The first-order valence-electron chi connectivity index (χ1n) is 7.47. The Balaban J connectivity index is 2.39. The van der Waals surface area contributed by atoms with Crippen molar-refractivity contribution in [2.24, 2.45) is 0 Å². The van der Waals surface area contributed by atoms with Crippen LogP contribution in [0.3, 0.4) is 0 Å². The number of allylic oxidation sites excluding steroid dienone is 1. The zero-order chi connectivity index (χ0) is 14.8. The van der Waals surface area contributed by atoms with Crippen molar-refractivity contribution in [3.8, 4) is 0 Å². The summed E-state index contributed by atoms with van der Waals surface area (Å²) >= 11 is 0. The molecule has 1 rings (SSSR count). The molecule has 0 fully saturated rings. The predicted molar refractivity (Wildman–Crippen MR) is 87.0 cm³/mol. The van der Waals surface area contributed by atoms with Crippen molar-refractivity contribution in [1.29, 1.82) is 0 Å². The van der Waals surface area contributed by atoms with Gasteiger partial charge in [-0.15, -0.1) is 0 Å². The highest BCUT2D eigenvalue weighted by atomic mass is 28.4. The second kappa shape index (κ2) is 8.75. The second-order valence-corrected chi connectivity index (χ2v) is 9.82. The van der Waals surface area contributed by atoms with Crippen LogP contribution in [0.4, 0.5) is 0 Å². The van der Waals surface area contributed by atoms with E-state index >= 15 is 0 Å². The van der Waals surface area contributed by atoms with Gasteiger partial charge < -0.3 is 4.43 Å². The highest BCUT2D eigenvalue weighted by molar-refractivity contribution is 6.72. The third-order valence-electron chi connectivity index (χ3n) is 3.08. The van der Waals surface area contributed by atoms with Crippen LogP contribution in [0.1, 0.15) is 38.2 Å². The summed E-state index contributed by atoms with van der Waals surface area (Å²) in [6.07, 6.45) is 8.05. The van der Waals surface area contributed by atoms with E-state index in [0.29, 0.717) is 0 Å². The molecule has 20 heavy (non-hydrogen) atoms. The maximum absolute atomic E-state index is 11.8. The lowest BCUT2D eigenvalue weighted by molar-refractivity contribution is -0.129. The molecule has 0 spiro atoms. The number of carbonyl (C=O) groups is 1. The molecule has 110 valence electrons. The zero-order valence-electron chi connectivity index (χ0n) is 12.9. The first-order valence-corrected chi connectivity index (χ1v) is 10.6. The first-order chi connectivity index (χ1) is 9.53. The van der Waals surface area contributed by atoms with Crippen LogP contribution >= 0.6 is 0 Å². The summed E-state index contributed by atoms with van der Waals surface area (Å²) in [5.41, 5.74) is 1.24. The fraction of sp³-hybridized carbons (Fsp3) is 0.471. The van der Waals surface area contributed by atoms with Gasteiger partial charge in [-0.25, -0.2) is 4.79 Å². The van der Waals surface area contributed by atoms with Gasteiger partial charge in [0.15, 0.2) is 0 Å². The molecular formula is C17H26O2Si. The third-order valence-corrected chi connectivity index (χ3v) is 5.09. The van der Waals surface area contributed by atoms with Gasteiger partial charge in [-0.2, -0.15) is 0 Å². The van der Waals surface area contributed by atoms with E-state index in [2.05, 4.69) is 32.2 Å². The molecule has 2 nitrogen and oxygen atoms in total. The standard InChI is InChI=1S/C17H26O2Si/c1-4-5-6-7-11-14-17(18)19-20(2,3)15-16-12-9-8-10-13-16/h8-14H,4-7,15H2,1-3H3/b14-11+. The quantitative estimate of drug-likeness (QED) is 0.395. The summed E-state index contributed by atoms with van der Waals surface area (Å²) in [4.78, 5) is 11.8. The Labute approximate surface area is 124 Å². The lowest BCUT2D eigenvalue weighted by Crippen LogP contribution is -2.35. The minimum absolute atomic E-state index is 0.186. The van der Waals surface area contributed by atoms with Gasteiger partial charge in [0.05, 0.1) is 0 Å². The van der Waals surface area contributed by atoms with Crippen LogP contribution in [0, 0.1) is 0 Å². The summed E-state index contributed by atoms with van der Waals surface area (Å²) < 4.78 is 5.66. The van der Waals surface area contributed by atoms with Crippen molar-refractivity contribution in [2.45, 2.75) is 51.7 Å². The van der Waals surface area contributed by atoms with E-state index in [4.69, 9.17) is 4.43 Å². The predicted octanol–water partition coefficient (Wildman–Crippen LogP) is 4.65. The van der Waals surface area contributed by atoms with Gasteiger partial charge in [0.25, 0.3) is 8.32 Å². The van der Waals surface area contributed by atoms with Crippen molar-refractivity contribution in [3.63, 3.8) is 0 Å². The molecule has 0 amide bonds. The molecule has 0 N–H and O–H groups in total. The number of hydrogen-bond donors (Lipinski definition) is 0. The molecule has 1 aromatic rings. The Bertz CT molecular complexity index is 424. The van der Waals surface area contributed by atoms with Crippen molar-refractivity contribution < 1.29 is 9.22 Å². The molecule has 0 radical (unpaired) electrons. The van der Waals surface area contributed by atoms with Gasteiger partial charge in [0.1, 0.15) is 0 Å². The van der Waals surface area contributed by atoms with Crippen molar-refractivity contribution in [1.82, 2.24) is 0 Å². The lowest BCUT2D eigenvalue weighted by atomic mass is 10.2. The number of carbonyl (C=O) groups excluding carboxylic acids is 1. The first kappa shape index (κ1) is 16.7. The SMILES string of the molecule is CCCCC/C=C/C(=O)O[Si](C)(C)Cc1ccccc1. The van der Waals surface area contributed by atoms with E-state index in [0.717, 1.165) is 18.9 Å². The summed E-state index contributed by atoms with van der Waals surface area (Å²) in [6.45, 7) is 6.35. The van der Waals surface area contributed by atoms with Gasteiger partial charge in [-0.1, -0.05) is 56.2 Å². The largest absolute Gasteiger partial charge is 0.516 e. The molecule has 0 aromatic heterocycles. The molecule has 3 heteroatoms. The van der Waals surface area contributed by atoms with E-state index < -0.39 is 8.32 Å². The van der Waals surface area contributed by atoms with E-state index in [9.17, 15) is 4.79 Å². The van der Waals surface area contributed by atoms with Crippen molar-refractivity contribution in [3.05, 3.63) is 48.0 Å². The van der Waals surface area contributed by atoms with Gasteiger partial charge in [0, 0.05) is 12.1 Å². The van der Waals surface area contributed by atoms with Crippen LogP contribution in [0.2, 0.25) is 13.1 Å². The number of benzene rings is 1. The fourth-order valence-corrected chi connectivity index (χ4v) is 4.03. The normalized spacial score (nSPS) is 11.8. The Hall–Kier alpha value is -1.35. The van der Waals surface area contributed by atoms with Crippen LogP contribution in [-0.4, -0.2) is 14.3 Å². The van der Waals surface area contributed by atoms with Crippen molar-refractivity contribution in [2.75, 3.05) is 0 Å². The minimum atomic E-state index is -1.98. The maximum Gasteiger partial charge on any atom is 0.317 e. The summed E-state index contributed by atoms with van der Waals surface area (Å²) in [5, 5.41) is 0. The molecule has 1 aromatic carbocycles. The molecule has 0 aliphatic rings. The highest BCUT2D eigenvalue weighted by Crippen LogP contribution is 2.13. The molecule has 0 aliphatic heterocycles. The van der Waals surface area contributed by atoms with Crippen LogP contribution in [0.15, 0.2) is 42.5 Å². The molecule has 0 bridgehead atoms. The number of rotatable bonds is 8. The number of unbranched alkanes of at least 4 members (excludes halogenated alkanes) is 3. The van der Waals surface area contributed by atoms with Crippen LogP contribution in [-0.2, 0) is 15.3 Å². The average molecular weight is 290 g/mol. The summed E-state index contributed by atoms with van der Waals surface area (Å²) in [7, 11) is -1.98. The van der Waals surface area contributed by atoms with Gasteiger partial charge >= 0.3 is 5.97 Å². The van der Waals surface area contributed by atoms with Gasteiger partial charge in [-0.3, -0.25) is 0 Å². The van der Waals surface area contributed by atoms with Gasteiger partial charge in [-0.05, 0) is 31.5 Å². The van der Waals surface area contributed by atoms with Crippen molar-refractivity contribution >= 4 is 14.3 Å².